The Morgan fingerprint density at radius 3 is 2.65 bits per heavy atom. The van der Waals surface area contributed by atoms with Gasteiger partial charge in [0.1, 0.15) is 0 Å². The standard InChI is InChI=1S/C12H20N4O4/c1-8(2)11-14-15-12(20-11)13-9(17)7-16(3)6-4-5-10(18)19/h8H,4-7H2,1-3H3,(H,18,19)(H,13,15,17). The van der Waals surface area contributed by atoms with Gasteiger partial charge >= 0.3 is 12.0 Å². The Labute approximate surface area is 117 Å². The van der Waals surface area contributed by atoms with Crippen LogP contribution in [0.15, 0.2) is 4.42 Å². The molecule has 1 heterocycles. The van der Waals surface area contributed by atoms with Crippen LogP contribution in [0.2, 0.25) is 0 Å². The van der Waals surface area contributed by atoms with Crippen molar-refractivity contribution in [2.24, 2.45) is 0 Å². The summed E-state index contributed by atoms with van der Waals surface area (Å²) in [4.78, 5) is 23.8. The number of nitrogens with one attached hydrogen (secondary N) is 1. The molecule has 0 saturated carbocycles. The molecule has 112 valence electrons. The first kappa shape index (κ1) is 16.1. The van der Waals surface area contributed by atoms with Gasteiger partial charge in [0.25, 0.3) is 0 Å². The Balaban J connectivity index is 2.33. The molecule has 0 unspecified atom stereocenters. The predicted octanol–water partition coefficient (Wildman–Crippen LogP) is 0.928. The van der Waals surface area contributed by atoms with Crippen LogP contribution in [0, 0.1) is 0 Å². The number of carbonyl (C=O) groups is 2. The van der Waals surface area contributed by atoms with Crippen molar-refractivity contribution in [2.45, 2.75) is 32.6 Å². The van der Waals surface area contributed by atoms with Crippen LogP contribution in [0.25, 0.3) is 0 Å². The number of aromatic nitrogens is 2. The van der Waals surface area contributed by atoms with Gasteiger partial charge in [-0.3, -0.25) is 19.8 Å². The van der Waals surface area contributed by atoms with Crippen LogP contribution in [0.1, 0.15) is 38.5 Å². The van der Waals surface area contributed by atoms with Gasteiger partial charge in [-0.15, -0.1) is 5.10 Å². The Morgan fingerprint density at radius 2 is 2.10 bits per heavy atom. The average molecular weight is 284 g/mol. The molecule has 0 radical (unpaired) electrons. The molecular formula is C12H20N4O4. The van der Waals surface area contributed by atoms with Crippen molar-refractivity contribution in [1.82, 2.24) is 15.1 Å². The van der Waals surface area contributed by atoms with E-state index in [1.54, 1.807) is 11.9 Å². The van der Waals surface area contributed by atoms with Gasteiger partial charge in [-0.25, -0.2) is 0 Å². The van der Waals surface area contributed by atoms with Crippen molar-refractivity contribution in [3.63, 3.8) is 0 Å². The van der Waals surface area contributed by atoms with Crippen LogP contribution in [-0.2, 0) is 9.59 Å². The highest BCUT2D eigenvalue weighted by molar-refractivity contribution is 5.90. The highest BCUT2D eigenvalue weighted by atomic mass is 16.4. The maximum absolute atomic E-state index is 11.7. The third kappa shape index (κ3) is 5.79. The number of aliphatic carboxylic acids is 1. The van der Waals surface area contributed by atoms with E-state index in [1.165, 1.54) is 0 Å². The van der Waals surface area contributed by atoms with E-state index in [0.29, 0.717) is 18.9 Å². The SMILES string of the molecule is CC(C)c1nnc(NC(=O)CN(C)CCCC(=O)O)o1. The quantitative estimate of drug-likeness (QED) is 0.730. The van der Waals surface area contributed by atoms with Gasteiger partial charge in [-0.1, -0.05) is 18.9 Å². The first-order valence-electron chi connectivity index (χ1n) is 6.42. The number of hydrogen-bond acceptors (Lipinski definition) is 6. The fraction of sp³-hybridized carbons (Fsp3) is 0.667. The molecule has 8 nitrogen and oxygen atoms in total. The summed E-state index contributed by atoms with van der Waals surface area (Å²) in [7, 11) is 1.74. The van der Waals surface area contributed by atoms with Crippen LogP contribution >= 0.6 is 0 Å². The molecule has 0 bridgehead atoms. The minimum absolute atomic E-state index is 0.0811. The van der Waals surface area contributed by atoms with E-state index < -0.39 is 5.97 Å². The number of rotatable bonds is 8. The lowest BCUT2D eigenvalue weighted by Gasteiger charge is -2.14. The van der Waals surface area contributed by atoms with Gasteiger partial charge in [0.2, 0.25) is 11.8 Å². The van der Waals surface area contributed by atoms with Crippen molar-refractivity contribution in [2.75, 3.05) is 25.5 Å². The lowest BCUT2D eigenvalue weighted by molar-refractivity contribution is -0.137. The summed E-state index contributed by atoms with van der Waals surface area (Å²) in [6.07, 6.45) is 0.588. The van der Waals surface area contributed by atoms with Crippen molar-refractivity contribution >= 4 is 17.9 Å². The summed E-state index contributed by atoms with van der Waals surface area (Å²) in [5.41, 5.74) is 0. The van der Waals surface area contributed by atoms with Gasteiger partial charge in [0, 0.05) is 12.3 Å². The zero-order chi connectivity index (χ0) is 15.1. The first-order valence-corrected chi connectivity index (χ1v) is 6.42. The third-order valence-electron chi connectivity index (χ3n) is 2.52. The molecule has 0 aliphatic heterocycles. The molecular weight excluding hydrogens is 264 g/mol. The topological polar surface area (TPSA) is 109 Å². The second kappa shape index (κ2) is 7.59. The summed E-state index contributed by atoms with van der Waals surface area (Å²) in [6.45, 7) is 4.49. The fourth-order valence-electron chi connectivity index (χ4n) is 1.50. The zero-order valence-electron chi connectivity index (χ0n) is 11.9. The molecule has 20 heavy (non-hydrogen) atoms. The smallest absolute Gasteiger partial charge is 0.322 e. The van der Waals surface area contributed by atoms with E-state index in [0.717, 1.165) is 0 Å². The second-order valence-corrected chi connectivity index (χ2v) is 4.88. The summed E-state index contributed by atoms with van der Waals surface area (Å²) in [5.74, 6) is -0.543. The van der Waals surface area contributed by atoms with Crippen LogP contribution in [0.3, 0.4) is 0 Å². The molecule has 1 aromatic rings. The average Bonchev–Trinajstić information content (AvgIpc) is 2.76. The van der Waals surface area contributed by atoms with Crippen molar-refractivity contribution in [3.8, 4) is 0 Å². The van der Waals surface area contributed by atoms with Gasteiger partial charge in [-0.05, 0) is 20.0 Å². The number of amides is 1. The molecule has 8 heteroatoms. The van der Waals surface area contributed by atoms with E-state index in [1.807, 2.05) is 13.8 Å². The fourth-order valence-corrected chi connectivity index (χ4v) is 1.50. The molecule has 0 fully saturated rings. The largest absolute Gasteiger partial charge is 0.481 e. The molecule has 1 aromatic heterocycles. The molecule has 0 aliphatic carbocycles. The summed E-state index contributed by atoms with van der Waals surface area (Å²) in [6, 6.07) is 0.0811. The van der Waals surface area contributed by atoms with Gasteiger partial charge in [0.05, 0.1) is 6.54 Å². The monoisotopic (exact) mass is 284 g/mol. The van der Waals surface area contributed by atoms with Crippen LogP contribution in [0.4, 0.5) is 6.01 Å². The molecule has 0 aromatic carbocycles. The highest BCUT2D eigenvalue weighted by Crippen LogP contribution is 2.14. The lowest BCUT2D eigenvalue weighted by atomic mass is 10.2. The molecule has 1 rings (SSSR count). The number of carboxylic acids is 1. The highest BCUT2D eigenvalue weighted by Gasteiger charge is 2.13. The number of likely N-dealkylation sites (N-methyl/N-ethyl adjacent to an activating group) is 1. The van der Waals surface area contributed by atoms with Gasteiger partial charge in [0.15, 0.2) is 0 Å². The number of hydrogen-bond donors (Lipinski definition) is 2. The molecule has 0 aliphatic rings. The number of carbonyl (C=O) groups excluding carboxylic acids is 1. The van der Waals surface area contributed by atoms with Crippen molar-refractivity contribution in [3.05, 3.63) is 5.89 Å². The Morgan fingerprint density at radius 1 is 1.40 bits per heavy atom. The van der Waals surface area contributed by atoms with Crippen LogP contribution in [-0.4, -0.2) is 52.2 Å². The number of anilines is 1. The Bertz CT molecular complexity index is 458. The molecule has 1 amide bonds. The summed E-state index contributed by atoms with van der Waals surface area (Å²) < 4.78 is 5.26. The van der Waals surface area contributed by atoms with Gasteiger partial charge < -0.3 is 9.52 Å². The minimum Gasteiger partial charge on any atom is -0.481 e. The van der Waals surface area contributed by atoms with E-state index in [4.69, 9.17) is 9.52 Å². The van der Waals surface area contributed by atoms with Gasteiger partial charge in [-0.2, -0.15) is 0 Å². The molecule has 2 N–H and O–H groups in total. The van der Waals surface area contributed by atoms with Crippen LogP contribution < -0.4 is 5.32 Å². The Hall–Kier alpha value is -1.96. The summed E-state index contributed by atoms with van der Waals surface area (Å²) >= 11 is 0. The van der Waals surface area contributed by atoms with E-state index in [2.05, 4.69) is 15.5 Å². The normalized spacial score (nSPS) is 11.1. The maximum atomic E-state index is 11.7. The first-order chi connectivity index (χ1) is 9.38. The van der Waals surface area contributed by atoms with E-state index in [9.17, 15) is 9.59 Å². The lowest BCUT2D eigenvalue weighted by Crippen LogP contribution is -2.31. The molecule has 0 spiro atoms. The molecule has 0 atom stereocenters. The van der Waals surface area contributed by atoms with E-state index >= 15 is 0 Å². The predicted molar refractivity (Wildman–Crippen MR) is 71.4 cm³/mol. The second-order valence-electron chi connectivity index (χ2n) is 4.88. The Kier molecular flexibility index (Phi) is 6.10. The number of carboxylic acid groups (broad SMARTS) is 1. The van der Waals surface area contributed by atoms with Crippen molar-refractivity contribution in [1.29, 1.82) is 0 Å². The van der Waals surface area contributed by atoms with E-state index in [-0.39, 0.29) is 30.8 Å². The zero-order valence-corrected chi connectivity index (χ0v) is 11.9. The maximum Gasteiger partial charge on any atom is 0.322 e. The van der Waals surface area contributed by atoms with Crippen LogP contribution in [0.5, 0.6) is 0 Å². The minimum atomic E-state index is -0.838. The third-order valence-corrected chi connectivity index (χ3v) is 2.52. The summed E-state index contributed by atoms with van der Waals surface area (Å²) in [5, 5.41) is 18.6. The van der Waals surface area contributed by atoms with Crippen molar-refractivity contribution < 1.29 is 19.1 Å². The molecule has 0 saturated heterocycles. The number of nitrogens with zero attached hydrogens (tertiary/aromatic N) is 3.